The van der Waals surface area contributed by atoms with E-state index in [2.05, 4.69) is 4.98 Å². The lowest BCUT2D eigenvalue weighted by Crippen LogP contribution is -2.35. The van der Waals surface area contributed by atoms with Gasteiger partial charge in [-0.25, -0.2) is 9.78 Å². The molecular formula is C9H14N4O3S. The van der Waals surface area contributed by atoms with Gasteiger partial charge in [-0.2, -0.15) is 0 Å². The van der Waals surface area contributed by atoms with E-state index in [0.29, 0.717) is 16.6 Å². The molecule has 94 valence electrons. The molecule has 1 heterocycles. The van der Waals surface area contributed by atoms with Gasteiger partial charge in [-0.05, 0) is 0 Å². The van der Waals surface area contributed by atoms with E-state index in [-0.39, 0.29) is 13.0 Å². The van der Waals surface area contributed by atoms with Gasteiger partial charge in [0.25, 0.3) is 0 Å². The highest BCUT2D eigenvalue weighted by Gasteiger charge is 2.08. The van der Waals surface area contributed by atoms with E-state index in [4.69, 9.17) is 10.8 Å². The van der Waals surface area contributed by atoms with Crippen LogP contribution in [0.25, 0.3) is 0 Å². The summed E-state index contributed by atoms with van der Waals surface area (Å²) in [6.07, 6.45) is 1.75. The number of hydrogen-bond acceptors (Lipinski definition) is 5. The lowest BCUT2D eigenvalue weighted by Gasteiger charge is -2.03. The van der Waals surface area contributed by atoms with Crippen molar-refractivity contribution in [2.75, 3.05) is 5.75 Å². The molecule has 3 amide bonds. The van der Waals surface area contributed by atoms with Crippen LogP contribution in [-0.2, 0) is 18.4 Å². The minimum atomic E-state index is -0.848. The Bertz CT molecular complexity index is 418. The Hall–Kier alpha value is -1.54. The monoisotopic (exact) mass is 258 g/mol. The Labute approximate surface area is 102 Å². The Morgan fingerprint density at radius 3 is 2.88 bits per heavy atom. The largest absolute Gasteiger partial charge is 0.390 e. The van der Waals surface area contributed by atoms with Gasteiger partial charge >= 0.3 is 6.03 Å². The summed E-state index contributed by atoms with van der Waals surface area (Å²) in [4.78, 5) is 25.6. The van der Waals surface area contributed by atoms with Gasteiger partial charge in [0.15, 0.2) is 5.16 Å². The number of nitrogens with one attached hydrogen (secondary N) is 1. The number of amides is 3. The minimum absolute atomic E-state index is 0.0772. The van der Waals surface area contributed by atoms with Crippen LogP contribution in [0, 0.1) is 0 Å². The normalized spacial score (nSPS) is 10.2. The summed E-state index contributed by atoms with van der Waals surface area (Å²) in [5.74, 6) is 0.0658. The van der Waals surface area contributed by atoms with Crippen molar-refractivity contribution >= 4 is 23.7 Å². The molecule has 0 fully saturated rings. The number of carbonyl (C=O) groups is 2. The van der Waals surface area contributed by atoms with Gasteiger partial charge in [0.2, 0.25) is 5.91 Å². The highest BCUT2D eigenvalue weighted by molar-refractivity contribution is 7.99. The smallest absolute Gasteiger partial charge is 0.318 e. The topological polar surface area (TPSA) is 110 Å². The van der Waals surface area contributed by atoms with E-state index in [0.717, 1.165) is 0 Å². The summed E-state index contributed by atoms with van der Waals surface area (Å²) >= 11 is 1.37. The van der Waals surface area contributed by atoms with Crippen molar-refractivity contribution in [3.05, 3.63) is 11.9 Å². The van der Waals surface area contributed by atoms with Crippen LogP contribution in [0.1, 0.15) is 12.1 Å². The lowest BCUT2D eigenvalue weighted by molar-refractivity contribution is -0.119. The van der Waals surface area contributed by atoms with E-state index in [1.165, 1.54) is 11.8 Å². The van der Waals surface area contributed by atoms with E-state index >= 15 is 0 Å². The Morgan fingerprint density at radius 1 is 1.65 bits per heavy atom. The van der Waals surface area contributed by atoms with Crippen LogP contribution in [0.3, 0.4) is 0 Å². The van der Waals surface area contributed by atoms with Crippen LogP contribution in [0.15, 0.2) is 11.4 Å². The van der Waals surface area contributed by atoms with Crippen LogP contribution >= 0.6 is 11.8 Å². The molecular weight excluding hydrogens is 244 g/mol. The average molecular weight is 258 g/mol. The quantitative estimate of drug-likeness (QED) is 0.622. The minimum Gasteiger partial charge on any atom is -0.390 e. The molecule has 1 aromatic heterocycles. The maximum absolute atomic E-state index is 11.1. The zero-order chi connectivity index (χ0) is 12.8. The van der Waals surface area contributed by atoms with Crippen molar-refractivity contribution in [1.82, 2.24) is 14.9 Å². The zero-order valence-electron chi connectivity index (χ0n) is 9.34. The molecule has 8 heteroatoms. The van der Waals surface area contributed by atoms with Gasteiger partial charge in [-0.15, -0.1) is 0 Å². The number of nitrogens with zero attached hydrogens (tertiary/aromatic N) is 2. The van der Waals surface area contributed by atoms with Gasteiger partial charge in [0, 0.05) is 19.2 Å². The number of imidazole rings is 1. The van der Waals surface area contributed by atoms with Crippen molar-refractivity contribution in [1.29, 1.82) is 0 Å². The molecule has 0 spiro atoms. The number of imide groups is 1. The molecule has 0 radical (unpaired) electrons. The fraction of sp³-hybridized carbons (Fsp3) is 0.444. The summed E-state index contributed by atoms with van der Waals surface area (Å²) in [6.45, 7) is -0.0772. The maximum Gasteiger partial charge on any atom is 0.318 e. The lowest BCUT2D eigenvalue weighted by atomic mass is 10.4. The highest BCUT2D eigenvalue weighted by Crippen LogP contribution is 2.17. The Kier molecular flexibility index (Phi) is 4.98. The number of aliphatic hydroxyl groups is 1. The standard InChI is InChI=1S/C9H14N4O3S/c1-13-6(5-14)4-11-9(13)17-3-2-7(15)12-8(10)16/h4,14H,2-3,5H2,1H3,(H3,10,12,15,16). The van der Waals surface area contributed by atoms with Crippen molar-refractivity contribution < 1.29 is 14.7 Å². The summed E-state index contributed by atoms with van der Waals surface area (Å²) in [5, 5.41) is 11.6. The molecule has 4 N–H and O–H groups in total. The number of carbonyl (C=O) groups excluding carboxylic acids is 2. The molecule has 17 heavy (non-hydrogen) atoms. The molecule has 1 rings (SSSR count). The molecule has 1 aromatic rings. The number of thioether (sulfide) groups is 1. The summed E-state index contributed by atoms with van der Waals surface area (Å²) < 4.78 is 1.75. The van der Waals surface area contributed by atoms with Crippen LogP contribution < -0.4 is 11.1 Å². The van der Waals surface area contributed by atoms with E-state index in [9.17, 15) is 9.59 Å². The fourth-order valence-electron chi connectivity index (χ4n) is 1.14. The molecule has 0 saturated heterocycles. The average Bonchev–Trinajstić information content (AvgIpc) is 2.59. The Morgan fingerprint density at radius 2 is 2.35 bits per heavy atom. The van der Waals surface area contributed by atoms with Crippen LogP contribution in [0.2, 0.25) is 0 Å². The number of primary amides is 1. The predicted molar refractivity (Wildman–Crippen MR) is 62.2 cm³/mol. The molecule has 0 atom stereocenters. The number of nitrogens with two attached hydrogens (primary N) is 1. The third kappa shape index (κ3) is 4.08. The predicted octanol–water partition coefficient (Wildman–Crippen LogP) is -0.411. The number of hydrogen-bond donors (Lipinski definition) is 3. The third-order valence-electron chi connectivity index (χ3n) is 2.03. The number of aliphatic hydroxyl groups excluding tert-OH is 1. The summed E-state index contributed by atoms with van der Waals surface area (Å²) in [6, 6.07) is -0.848. The van der Waals surface area contributed by atoms with Gasteiger partial charge in [0.05, 0.1) is 18.5 Å². The first-order valence-corrected chi connectivity index (χ1v) is 5.86. The van der Waals surface area contributed by atoms with Gasteiger partial charge in [-0.1, -0.05) is 11.8 Å². The molecule has 7 nitrogen and oxygen atoms in total. The first kappa shape index (κ1) is 13.5. The fourth-order valence-corrected chi connectivity index (χ4v) is 2.05. The maximum atomic E-state index is 11.1. The van der Waals surface area contributed by atoms with Gasteiger partial charge in [0.1, 0.15) is 0 Å². The van der Waals surface area contributed by atoms with Crippen molar-refractivity contribution in [3.63, 3.8) is 0 Å². The molecule has 0 aliphatic rings. The SMILES string of the molecule is Cn1c(CO)cnc1SCCC(=O)NC(N)=O. The van der Waals surface area contributed by atoms with Crippen LogP contribution in [0.4, 0.5) is 4.79 Å². The van der Waals surface area contributed by atoms with Crippen molar-refractivity contribution in [2.24, 2.45) is 12.8 Å². The molecule has 0 aliphatic heterocycles. The molecule has 0 unspecified atom stereocenters. The first-order chi connectivity index (χ1) is 8.04. The third-order valence-corrected chi connectivity index (χ3v) is 3.07. The number of rotatable bonds is 5. The molecule has 0 aromatic carbocycles. The van der Waals surface area contributed by atoms with Crippen LogP contribution in [-0.4, -0.2) is 32.3 Å². The van der Waals surface area contributed by atoms with E-state index in [1.54, 1.807) is 17.8 Å². The summed E-state index contributed by atoms with van der Waals surface area (Å²) in [7, 11) is 1.78. The number of urea groups is 1. The second-order valence-corrected chi connectivity index (χ2v) is 4.32. The first-order valence-electron chi connectivity index (χ1n) is 4.88. The second kappa shape index (κ2) is 6.26. The van der Waals surface area contributed by atoms with Gasteiger partial charge < -0.3 is 15.4 Å². The molecule has 0 bridgehead atoms. The zero-order valence-corrected chi connectivity index (χ0v) is 10.2. The molecule has 0 saturated carbocycles. The van der Waals surface area contributed by atoms with Gasteiger partial charge in [-0.3, -0.25) is 10.1 Å². The van der Waals surface area contributed by atoms with Crippen molar-refractivity contribution in [3.8, 4) is 0 Å². The molecule has 0 aliphatic carbocycles. The Balaban J connectivity index is 2.38. The van der Waals surface area contributed by atoms with Crippen LogP contribution in [0.5, 0.6) is 0 Å². The summed E-state index contributed by atoms with van der Waals surface area (Å²) in [5.41, 5.74) is 5.50. The number of aromatic nitrogens is 2. The second-order valence-electron chi connectivity index (χ2n) is 3.26. The van der Waals surface area contributed by atoms with E-state index < -0.39 is 11.9 Å². The highest BCUT2D eigenvalue weighted by atomic mass is 32.2. The van der Waals surface area contributed by atoms with Crippen molar-refractivity contribution in [2.45, 2.75) is 18.2 Å². The van der Waals surface area contributed by atoms with E-state index in [1.807, 2.05) is 5.32 Å².